The first-order chi connectivity index (χ1) is 14.2. The SMILES string of the molecule is COc1ccc2c(ccn2CCC(=O)Nc2ccc(Oc3ccccc3)cc2)c1. The van der Waals surface area contributed by atoms with Crippen molar-refractivity contribution in [3.8, 4) is 17.2 Å². The molecule has 146 valence electrons. The number of methoxy groups -OCH3 is 1. The summed E-state index contributed by atoms with van der Waals surface area (Å²) in [7, 11) is 1.66. The first-order valence-electron chi connectivity index (χ1n) is 9.47. The number of carbonyl (C=O) groups excluding carboxylic acids is 1. The topological polar surface area (TPSA) is 52.5 Å². The minimum absolute atomic E-state index is 0.0305. The van der Waals surface area contributed by atoms with E-state index in [9.17, 15) is 4.79 Å². The van der Waals surface area contributed by atoms with Crippen LogP contribution in [0.3, 0.4) is 0 Å². The Morgan fingerprint density at radius 3 is 2.38 bits per heavy atom. The number of nitrogens with zero attached hydrogens (tertiary/aromatic N) is 1. The van der Waals surface area contributed by atoms with E-state index in [4.69, 9.17) is 9.47 Å². The number of ether oxygens (including phenoxy) is 2. The zero-order valence-corrected chi connectivity index (χ0v) is 16.2. The number of amides is 1. The largest absolute Gasteiger partial charge is 0.497 e. The Balaban J connectivity index is 1.33. The number of aryl methyl sites for hydroxylation is 1. The van der Waals surface area contributed by atoms with Crippen LogP contribution >= 0.6 is 0 Å². The van der Waals surface area contributed by atoms with E-state index in [1.165, 1.54) is 0 Å². The van der Waals surface area contributed by atoms with Gasteiger partial charge in [0.2, 0.25) is 5.91 Å². The lowest BCUT2D eigenvalue weighted by molar-refractivity contribution is -0.116. The van der Waals surface area contributed by atoms with E-state index >= 15 is 0 Å². The summed E-state index contributed by atoms with van der Waals surface area (Å²) in [6.07, 6.45) is 2.38. The van der Waals surface area contributed by atoms with Crippen molar-refractivity contribution in [3.63, 3.8) is 0 Å². The quantitative estimate of drug-likeness (QED) is 0.458. The molecule has 0 aliphatic rings. The molecule has 0 unspecified atom stereocenters. The monoisotopic (exact) mass is 386 g/mol. The summed E-state index contributed by atoms with van der Waals surface area (Å²) in [5.74, 6) is 2.30. The van der Waals surface area contributed by atoms with Gasteiger partial charge in [0.25, 0.3) is 0 Å². The molecule has 0 radical (unpaired) electrons. The number of hydrogen-bond donors (Lipinski definition) is 1. The van der Waals surface area contributed by atoms with Crippen molar-refractivity contribution in [1.29, 1.82) is 0 Å². The second-order valence-electron chi connectivity index (χ2n) is 6.67. The minimum atomic E-state index is -0.0305. The third-order valence-corrected chi connectivity index (χ3v) is 4.67. The van der Waals surface area contributed by atoms with Gasteiger partial charge in [-0.3, -0.25) is 4.79 Å². The highest BCUT2D eigenvalue weighted by molar-refractivity contribution is 5.91. The standard InChI is InChI=1S/C24H22N2O3/c1-28-22-11-12-23-18(17-22)13-15-26(23)16-14-24(27)25-19-7-9-21(10-8-19)29-20-5-3-2-4-6-20/h2-13,15,17H,14,16H2,1H3,(H,25,27). The Bertz CT molecular complexity index is 1100. The molecule has 1 aromatic heterocycles. The lowest BCUT2D eigenvalue weighted by Gasteiger charge is -2.09. The number of nitrogens with one attached hydrogen (secondary N) is 1. The molecule has 3 aromatic carbocycles. The number of rotatable bonds is 7. The molecule has 4 aromatic rings. The Morgan fingerprint density at radius 2 is 1.62 bits per heavy atom. The molecular weight excluding hydrogens is 364 g/mol. The van der Waals surface area contributed by atoms with Crippen molar-refractivity contribution in [3.05, 3.63) is 85.1 Å². The fraction of sp³-hybridized carbons (Fsp3) is 0.125. The van der Waals surface area contributed by atoms with E-state index < -0.39 is 0 Å². The fourth-order valence-corrected chi connectivity index (χ4v) is 3.18. The minimum Gasteiger partial charge on any atom is -0.497 e. The van der Waals surface area contributed by atoms with Crippen LogP contribution in [0.2, 0.25) is 0 Å². The normalized spacial score (nSPS) is 10.7. The van der Waals surface area contributed by atoms with Crippen LogP contribution in [-0.4, -0.2) is 17.6 Å². The summed E-state index contributed by atoms with van der Waals surface area (Å²) in [6, 6.07) is 24.9. The third kappa shape index (κ3) is 4.58. The van der Waals surface area contributed by atoms with E-state index in [0.29, 0.717) is 13.0 Å². The highest BCUT2D eigenvalue weighted by Gasteiger charge is 2.07. The maximum atomic E-state index is 12.3. The molecule has 0 saturated carbocycles. The van der Waals surface area contributed by atoms with Gasteiger partial charge in [-0.05, 0) is 60.7 Å². The van der Waals surface area contributed by atoms with Gasteiger partial charge in [-0.15, -0.1) is 0 Å². The molecule has 0 saturated heterocycles. The summed E-state index contributed by atoms with van der Waals surface area (Å²) < 4.78 is 13.1. The Morgan fingerprint density at radius 1 is 0.897 bits per heavy atom. The van der Waals surface area contributed by atoms with Crippen molar-refractivity contribution in [2.24, 2.45) is 0 Å². The Labute approximate surface area is 169 Å². The number of para-hydroxylation sites is 1. The lowest BCUT2D eigenvalue weighted by Crippen LogP contribution is -2.14. The van der Waals surface area contributed by atoms with Crippen molar-refractivity contribution in [1.82, 2.24) is 4.57 Å². The van der Waals surface area contributed by atoms with Crippen LogP contribution in [0.1, 0.15) is 6.42 Å². The van der Waals surface area contributed by atoms with Gasteiger partial charge in [-0.2, -0.15) is 0 Å². The van der Waals surface area contributed by atoms with Gasteiger partial charge in [-0.1, -0.05) is 18.2 Å². The summed E-state index contributed by atoms with van der Waals surface area (Å²) in [5, 5.41) is 4.03. The number of aromatic nitrogens is 1. The predicted molar refractivity (Wildman–Crippen MR) is 115 cm³/mol. The molecule has 1 N–H and O–H groups in total. The smallest absolute Gasteiger partial charge is 0.226 e. The molecule has 0 aliphatic carbocycles. The van der Waals surface area contributed by atoms with Crippen molar-refractivity contribution < 1.29 is 14.3 Å². The summed E-state index contributed by atoms with van der Waals surface area (Å²) in [6.45, 7) is 0.608. The molecule has 0 bridgehead atoms. The van der Waals surface area contributed by atoms with Gasteiger partial charge < -0.3 is 19.4 Å². The van der Waals surface area contributed by atoms with E-state index in [2.05, 4.69) is 9.88 Å². The van der Waals surface area contributed by atoms with Crippen LogP contribution in [0.15, 0.2) is 85.1 Å². The summed E-state index contributed by atoms with van der Waals surface area (Å²) in [5.41, 5.74) is 1.83. The highest BCUT2D eigenvalue weighted by atomic mass is 16.5. The molecular formula is C24H22N2O3. The number of carbonyl (C=O) groups is 1. The average molecular weight is 386 g/mol. The highest BCUT2D eigenvalue weighted by Crippen LogP contribution is 2.24. The molecule has 5 heteroatoms. The Hall–Kier alpha value is -3.73. The molecule has 0 fully saturated rings. The van der Waals surface area contributed by atoms with Crippen LogP contribution in [0.5, 0.6) is 17.2 Å². The maximum Gasteiger partial charge on any atom is 0.226 e. The lowest BCUT2D eigenvalue weighted by atomic mass is 10.2. The van der Waals surface area contributed by atoms with Crippen molar-refractivity contribution in [2.75, 3.05) is 12.4 Å². The zero-order valence-electron chi connectivity index (χ0n) is 16.2. The number of benzene rings is 3. The molecule has 1 heterocycles. The number of anilines is 1. The van der Waals surface area contributed by atoms with Gasteiger partial charge in [0.15, 0.2) is 0 Å². The van der Waals surface area contributed by atoms with Crippen LogP contribution in [-0.2, 0) is 11.3 Å². The van der Waals surface area contributed by atoms with E-state index in [1.807, 2.05) is 85.1 Å². The molecule has 0 spiro atoms. The van der Waals surface area contributed by atoms with E-state index in [0.717, 1.165) is 33.8 Å². The predicted octanol–water partition coefficient (Wildman–Crippen LogP) is 5.47. The molecule has 29 heavy (non-hydrogen) atoms. The van der Waals surface area contributed by atoms with Crippen LogP contribution in [0.25, 0.3) is 10.9 Å². The second kappa shape index (κ2) is 8.52. The second-order valence-corrected chi connectivity index (χ2v) is 6.67. The fourth-order valence-electron chi connectivity index (χ4n) is 3.18. The van der Waals surface area contributed by atoms with Crippen LogP contribution in [0.4, 0.5) is 5.69 Å². The van der Waals surface area contributed by atoms with E-state index in [-0.39, 0.29) is 5.91 Å². The van der Waals surface area contributed by atoms with Gasteiger partial charge in [0.05, 0.1) is 7.11 Å². The molecule has 0 aliphatic heterocycles. The average Bonchev–Trinajstić information content (AvgIpc) is 3.16. The molecule has 1 amide bonds. The number of hydrogen-bond acceptors (Lipinski definition) is 3. The molecule has 4 rings (SSSR count). The zero-order chi connectivity index (χ0) is 20.1. The van der Waals surface area contributed by atoms with Gasteiger partial charge in [0, 0.05) is 35.8 Å². The third-order valence-electron chi connectivity index (χ3n) is 4.67. The molecule has 5 nitrogen and oxygen atoms in total. The summed E-state index contributed by atoms with van der Waals surface area (Å²) in [4.78, 5) is 12.3. The van der Waals surface area contributed by atoms with E-state index in [1.54, 1.807) is 7.11 Å². The Kier molecular flexibility index (Phi) is 5.47. The van der Waals surface area contributed by atoms with Gasteiger partial charge in [0.1, 0.15) is 17.2 Å². The maximum absolute atomic E-state index is 12.3. The van der Waals surface area contributed by atoms with Crippen LogP contribution in [0, 0.1) is 0 Å². The first kappa shape index (κ1) is 18.6. The first-order valence-corrected chi connectivity index (χ1v) is 9.47. The van der Waals surface area contributed by atoms with Crippen molar-refractivity contribution in [2.45, 2.75) is 13.0 Å². The van der Waals surface area contributed by atoms with Gasteiger partial charge in [-0.25, -0.2) is 0 Å². The van der Waals surface area contributed by atoms with Crippen LogP contribution < -0.4 is 14.8 Å². The molecule has 0 atom stereocenters. The summed E-state index contributed by atoms with van der Waals surface area (Å²) >= 11 is 0. The number of fused-ring (bicyclic) bond motifs is 1. The van der Waals surface area contributed by atoms with Gasteiger partial charge >= 0.3 is 0 Å². The van der Waals surface area contributed by atoms with Crippen molar-refractivity contribution >= 4 is 22.5 Å².